The molecule has 1 aromatic heterocycles. The molecule has 0 amide bonds. The van der Waals surface area contributed by atoms with Crippen LogP contribution in [0, 0.1) is 0 Å². The van der Waals surface area contributed by atoms with Gasteiger partial charge in [0.15, 0.2) is 0 Å². The number of aromatic nitrogens is 2. The lowest BCUT2D eigenvalue weighted by Gasteiger charge is -2.16. The highest BCUT2D eigenvalue weighted by Crippen LogP contribution is 2.52. The van der Waals surface area contributed by atoms with E-state index in [-0.39, 0.29) is 10.2 Å². The standard InChI is InChI=1S/C19H15BrN2O/c20-16(12-23)15-8-4-5-13-11-21-18(22-17(13)15)19(9-10-19)14-6-2-1-3-7-14/h1-8,11-12,16H,9-10H2. The van der Waals surface area contributed by atoms with E-state index in [0.29, 0.717) is 0 Å². The third-order valence-electron chi connectivity index (χ3n) is 4.56. The molecule has 1 atom stereocenters. The molecule has 1 saturated carbocycles. The topological polar surface area (TPSA) is 42.9 Å². The largest absolute Gasteiger partial charge is 0.302 e. The predicted octanol–water partition coefficient (Wildman–Crippen LogP) is 4.34. The van der Waals surface area contributed by atoms with Gasteiger partial charge in [-0.3, -0.25) is 0 Å². The summed E-state index contributed by atoms with van der Waals surface area (Å²) in [5.74, 6) is 0.856. The van der Waals surface area contributed by atoms with Crippen molar-refractivity contribution in [3.8, 4) is 0 Å². The number of hydrogen-bond donors (Lipinski definition) is 0. The van der Waals surface area contributed by atoms with Crippen LogP contribution in [0.4, 0.5) is 0 Å². The average molecular weight is 367 g/mol. The molecule has 3 aromatic rings. The van der Waals surface area contributed by atoms with Crippen molar-refractivity contribution in [1.82, 2.24) is 9.97 Å². The van der Waals surface area contributed by atoms with Crippen molar-refractivity contribution in [1.29, 1.82) is 0 Å². The fourth-order valence-corrected chi connectivity index (χ4v) is 3.50. The fourth-order valence-electron chi connectivity index (χ4n) is 3.13. The molecule has 0 bridgehead atoms. The highest BCUT2D eigenvalue weighted by atomic mass is 79.9. The molecule has 1 fully saturated rings. The minimum absolute atomic E-state index is 0.0639. The van der Waals surface area contributed by atoms with E-state index in [1.54, 1.807) is 0 Å². The van der Waals surface area contributed by atoms with Crippen LogP contribution in [0.2, 0.25) is 0 Å². The average Bonchev–Trinajstić information content (AvgIpc) is 3.43. The number of carbonyl (C=O) groups is 1. The molecule has 1 heterocycles. The molecule has 0 radical (unpaired) electrons. The first-order valence-corrected chi connectivity index (χ1v) is 8.57. The zero-order valence-corrected chi connectivity index (χ0v) is 14.0. The zero-order chi connectivity index (χ0) is 15.9. The van der Waals surface area contributed by atoms with Crippen LogP contribution in [0.3, 0.4) is 0 Å². The second-order valence-corrected chi connectivity index (χ2v) is 6.95. The molecule has 1 aliphatic rings. The van der Waals surface area contributed by atoms with Gasteiger partial charge in [-0.25, -0.2) is 9.97 Å². The number of halogens is 1. The van der Waals surface area contributed by atoms with Gasteiger partial charge in [0, 0.05) is 11.6 Å². The third kappa shape index (κ3) is 2.38. The van der Waals surface area contributed by atoms with E-state index in [0.717, 1.165) is 41.4 Å². The molecule has 0 spiro atoms. The summed E-state index contributed by atoms with van der Waals surface area (Å²) in [6.07, 6.45) is 4.89. The first kappa shape index (κ1) is 14.5. The van der Waals surface area contributed by atoms with Crippen molar-refractivity contribution >= 4 is 33.1 Å². The monoisotopic (exact) mass is 366 g/mol. The van der Waals surface area contributed by atoms with Gasteiger partial charge in [-0.2, -0.15) is 0 Å². The molecule has 3 nitrogen and oxygen atoms in total. The molecule has 4 rings (SSSR count). The molecule has 0 aliphatic heterocycles. The van der Waals surface area contributed by atoms with Crippen LogP contribution in [-0.2, 0) is 10.2 Å². The van der Waals surface area contributed by atoms with E-state index in [1.165, 1.54) is 5.56 Å². The molecule has 23 heavy (non-hydrogen) atoms. The third-order valence-corrected chi connectivity index (χ3v) is 5.27. The Morgan fingerprint density at radius 1 is 1.09 bits per heavy atom. The van der Waals surface area contributed by atoms with Crippen molar-refractivity contribution in [2.24, 2.45) is 0 Å². The number of fused-ring (bicyclic) bond motifs is 1. The molecule has 1 aliphatic carbocycles. The van der Waals surface area contributed by atoms with Gasteiger partial charge in [-0.1, -0.05) is 64.5 Å². The van der Waals surface area contributed by atoms with Crippen LogP contribution in [0.5, 0.6) is 0 Å². The fraction of sp³-hybridized carbons (Fsp3) is 0.211. The molecular weight excluding hydrogens is 352 g/mol. The van der Waals surface area contributed by atoms with Gasteiger partial charge in [-0.15, -0.1) is 0 Å². The highest BCUT2D eigenvalue weighted by molar-refractivity contribution is 9.09. The summed E-state index contributed by atoms with van der Waals surface area (Å²) in [5.41, 5.74) is 2.95. The number of rotatable bonds is 4. The van der Waals surface area contributed by atoms with E-state index in [9.17, 15) is 4.79 Å². The van der Waals surface area contributed by atoms with Gasteiger partial charge in [-0.05, 0) is 24.0 Å². The Morgan fingerprint density at radius 3 is 2.57 bits per heavy atom. The number of aldehydes is 1. The first-order chi connectivity index (χ1) is 11.2. The Labute approximate surface area is 142 Å². The maximum Gasteiger partial charge on any atom is 0.139 e. The number of hydrogen-bond acceptors (Lipinski definition) is 3. The van der Waals surface area contributed by atoms with Gasteiger partial charge < -0.3 is 4.79 Å². The Kier molecular flexibility index (Phi) is 3.49. The van der Waals surface area contributed by atoms with Crippen molar-refractivity contribution in [3.63, 3.8) is 0 Å². The smallest absolute Gasteiger partial charge is 0.139 e. The number of para-hydroxylation sites is 1. The van der Waals surface area contributed by atoms with Crippen molar-refractivity contribution in [2.75, 3.05) is 0 Å². The molecule has 114 valence electrons. The number of alkyl halides is 1. The van der Waals surface area contributed by atoms with Crippen LogP contribution in [0.15, 0.2) is 54.7 Å². The van der Waals surface area contributed by atoms with E-state index in [4.69, 9.17) is 4.98 Å². The quantitative estimate of drug-likeness (QED) is 0.509. The van der Waals surface area contributed by atoms with E-state index in [2.05, 4.69) is 45.2 Å². The number of benzene rings is 2. The predicted molar refractivity (Wildman–Crippen MR) is 93.7 cm³/mol. The number of nitrogens with zero attached hydrogens (tertiary/aromatic N) is 2. The molecule has 2 aromatic carbocycles. The first-order valence-electron chi connectivity index (χ1n) is 7.66. The van der Waals surface area contributed by atoms with Gasteiger partial charge in [0.05, 0.1) is 15.8 Å². The summed E-state index contributed by atoms with van der Waals surface area (Å²) in [6, 6.07) is 16.3. The van der Waals surface area contributed by atoms with Crippen LogP contribution < -0.4 is 0 Å². The summed E-state index contributed by atoms with van der Waals surface area (Å²) < 4.78 is 0. The lowest BCUT2D eigenvalue weighted by atomic mass is 9.95. The van der Waals surface area contributed by atoms with E-state index >= 15 is 0 Å². The van der Waals surface area contributed by atoms with Crippen LogP contribution >= 0.6 is 15.9 Å². The molecule has 4 heteroatoms. The second-order valence-electron chi connectivity index (χ2n) is 5.96. The minimum Gasteiger partial charge on any atom is -0.302 e. The van der Waals surface area contributed by atoms with Crippen LogP contribution in [0.1, 0.15) is 34.6 Å². The summed E-state index contributed by atoms with van der Waals surface area (Å²) >= 11 is 3.41. The van der Waals surface area contributed by atoms with E-state index in [1.807, 2.05) is 30.5 Å². The SMILES string of the molecule is O=CC(Br)c1cccc2cnc(C3(c4ccccc4)CC3)nc12. The molecular formula is C19H15BrN2O. The molecule has 0 N–H and O–H groups in total. The van der Waals surface area contributed by atoms with Gasteiger partial charge in [0.1, 0.15) is 12.1 Å². The van der Waals surface area contributed by atoms with E-state index < -0.39 is 0 Å². The zero-order valence-electron chi connectivity index (χ0n) is 12.4. The Bertz CT molecular complexity index is 875. The Hall–Kier alpha value is -2.07. The van der Waals surface area contributed by atoms with Crippen molar-refractivity contribution in [2.45, 2.75) is 23.1 Å². The van der Waals surface area contributed by atoms with Gasteiger partial charge >= 0.3 is 0 Å². The maximum absolute atomic E-state index is 11.2. The van der Waals surface area contributed by atoms with Crippen LogP contribution in [0.25, 0.3) is 10.9 Å². The Balaban J connectivity index is 1.88. The summed E-state index contributed by atoms with van der Waals surface area (Å²) in [4.78, 5) is 20.3. The minimum atomic E-state index is -0.346. The highest BCUT2D eigenvalue weighted by Gasteiger charge is 2.48. The lowest BCUT2D eigenvalue weighted by molar-refractivity contribution is -0.107. The van der Waals surface area contributed by atoms with Crippen molar-refractivity contribution in [3.05, 3.63) is 71.7 Å². The van der Waals surface area contributed by atoms with Crippen LogP contribution in [-0.4, -0.2) is 16.3 Å². The second kappa shape index (κ2) is 5.53. The number of carbonyl (C=O) groups excluding carboxylic acids is 1. The van der Waals surface area contributed by atoms with Gasteiger partial charge in [0.25, 0.3) is 0 Å². The maximum atomic E-state index is 11.2. The normalized spacial score (nSPS) is 16.9. The summed E-state index contributed by atoms with van der Waals surface area (Å²) in [6.45, 7) is 0. The van der Waals surface area contributed by atoms with Gasteiger partial charge in [0.2, 0.25) is 0 Å². The Morgan fingerprint density at radius 2 is 1.87 bits per heavy atom. The summed E-state index contributed by atoms with van der Waals surface area (Å²) in [5, 5.41) is 0.960. The summed E-state index contributed by atoms with van der Waals surface area (Å²) in [7, 11) is 0. The molecule has 0 saturated heterocycles. The molecule has 1 unspecified atom stereocenters. The van der Waals surface area contributed by atoms with Crippen molar-refractivity contribution < 1.29 is 4.79 Å². The lowest BCUT2D eigenvalue weighted by Crippen LogP contribution is -2.13.